The van der Waals surface area contributed by atoms with Gasteiger partial charge in [-0.15, -0.1) is 0 Å². The molecule has 0 spiro atoms. The predicted octanol–water partition coefficient (Wildman–Crippen LogP) is 16.7. The van der Waals surface area contributed by atoms with Gasteiger partial charge < -0.3 is 14.6 Å². The summed E-state index contributed by atoms with van der Waals surface area (Å²) in [6.45, 7) is 4.10. The molecule has 0 aliphatic heterocycles. The van der Waals surface area contributed by atoms with Gasteiger partial charge in [0.1, 0.15) is 6.61 Å². The molecule has 340 valence electrons. The van der Waals surface area contributed by atoms with Crippen LogP contribution in [0.15, 0.2) is 36.5 Å². The maximum Gasteiger partial charge on any atom is 0.306 e. The molecule has 0 aromatic carbocycles. The average Bonchev–Trinajstić information content (AvgIpc) is 3.23. The Hall–Kier alpha value is -1.88. The van der Waals surface area contributed by atoms with Gasteiger partial charge in [-0.1, -0.05) is 230 Å². The zero-order chi connectivity index (χ0) is 42.1. The van der Waals surface area contributed by atoms with Gasteiger partial charge in [0.25, 0.3) is 0 Å². The van der Waals surface area contributed by atoms with Crippen molar-refractivity contribution >= 4 is 11.9 Å². The molecule has 0 radical (unpaired) electrons. The van der Waals surface area contributed by atoms with Crippen LogP contribution < -0.4 is 0 Å². The fraction of sp³-hybridized carbons (Fsp3) is 0.849. The number of hydrogen-bond acceptors (Lipinski definition) is 5. The largest absolute Gasteiger partial charge is 0.462 e. The first kappa shape index (κ1) is 56.1. The van der Waals surface area contributed by atoms with Crippen LogP contribution in [0, 0.1) is 0 Å². The van der Waals surface area contributed by atoms with E-state index in [4.69, 9.17) is 9.47 Å². The second-order valence-corrected chi connectivity index (χ2v) is 17.2. The highest BCUT2D eigenvalue weighted by Gasteiger charge is 2.16. The predicted molar refractivity (Wildman–Crippen MR) is 251 cm³/mol. The molecule has 0 aromatic rings. The molecule has 0 amide bonds. The highest BCUT2D eigenvalue weighted by Crippen LogP contribution is 2.16. The van der Waals surface area contributed by atoms with Crippen molar-refractivity contribution in [2.75, 3.05) is 13.2 Å². The Bertz CT molecular complexity index is 924. The van der Waals surface area contributed by atoms with Crippen molar-refractivity contribution in [3.05, 3.63) is 36.5 Å². The summed E-state index contributed by atoms with van der Waals surface area (Å²) in [6, 6.07) is 0. The Morgan fingerprint density at radius 3 is 1.09 bits per heavy atom. The Labute approximate surface area is 361 Å². The van der Waals surface area contributed by atoms with Gasteiger partial charge in [0.2, 0.25) is 0 Å². The van der Waals surface area contributed by atoms with Gasteiger partial charge in [-0.2, -0.15) is 0 Å². The lowest BCUT2D eigenvalue weighted by atomic mass is 10.0. The Kier molecular flexibility index (Phi) is 47.9. The number of unbranched alkanes of at least 4 members (excludes halogenated alkanes) is 33. The maximum atomic E-state index is 12.2. The standard InChI is InChI=1S/C53H98O5/c1-3-5-7-9-11-13-15-16-17-18-19-20-21-22-23-24-25-26-27-28-29-30-31-32-33-34-35-36-38-40-42-44-46-48-53(56)58-51(49-54)50-57-52(55)47-45-43-41-39-37-14-12-10-8-6-4-2/h10,12,15-16,18-19,51,54H,3-9,11,13-14,17,20-50H2,1-2H3/b12-10-,16-15-,19-18-. The number of carbonyl (C=O) groups excluding carboxylic acids is 2. The van der Waals surface area contributed by atoms with E-state index >= 15 is 0 Å². The van der Waals surface area contributed by atoms with Crippen molar-refractivity contribution in [1.29, 1.82) is 0 Å². The quantitative estimate of drug-likeness (QED) is 0.0376. The Balaban J connectivity index is 3.39. The second kappa shape index (κ2) is 49.5. The van der Waals surface area contributed by atoms with E-state index in [1.54, 1.807) is 0 Å². The van der Waals surface area contributed by atoms with Crippen LogP contribution in [0.4, 0.5) is 0 Å². The number of aliphatic hydroxyl groups excluding tert-OH is 1. The third-order valence-corrected chi connectivity index (χ3v) is 11.4. The van der Waals surface area contributed by atoms with Crippen LogP contribution in [-0.4, -0.2) is 36.4 Å². The highest BCUT2D eigenvalue weighted by molar-refractivity contribution is 5.70. The van der Waals surface area contributed by atoms with Gasteiger partial charge in [0.15, 0.2) is 6.10 Å². The van der Waals surface area contributed by atoms with Crippen LogP contribution in [0.25, 0.3) is 0 Å². The molecular weight excluding hydrogens is 717 g/mol. The Morgan fingerprint density at radius 2 is 0.707 bits per heavy atom. The molecule has 1 atom stereocenters. The molecule has 0 saturated carbocycles. The summed E-state index contributed by atoms with van der Waals surface area (Å²) in [5.74, 6) is -0.592. The lowest BCUT2D eigenvalue weighted by Gasteiger charge is -2.15. The van der Waals surface area contributed by atoms with Crippen LogP contribution in [-0.2, 0) is 19.1 Å². The molecule has 0 aliphatic rings. The minimum absolute atomic E-state index is 0.0666. The molecule has 0 heterocycles. The van der Waals surface area contributed by atoms with Crippen LogP contribution in [0.1, 0.15) is 271 Å². The number of carbonyl (C=O) groups is 2. The molecule has 0 fully saturated rings. The molecular formula is C53H98O5. The highest BCUT2D eigenvalue weighted by atomic mass is 16.6. The van der Waals surface area contributed by atoms with Crippen LogP contribution >= 0.6 is 0 Å². The molecule has 58 heavy (non-hydrogen) atoms. The number of allylic oxidation sites excluding steroid dienone is 6. The molecule has 0 saturated heterocycles. The fourth-order valence-electron chi connectivity index (χ4n) is 7.51. The summed E-state index contributed by atoms with van der Waals surface area (Å²) in [4.78, 5) is 24.3. The molecule has 5 heteroatoms. The first-order valence-electron chi connectivity index (χ1n) is 25.5. The van der Waals surface area contributed by atoms with Gasteiger partial charge in [-0.3, -0.25) is 9.59 Å². The number of rotatable bonds is 47. The summed E-state index contributed by atoms with van der Waals surface area (Å²) in [5.41, 5.74) is 0. The minimum atomic E-state index is -0.771. The molecule has 1 unspecified atom stereocenters. The maximum absolute atomic E-state index is 12.2. The third-order valence-electron chi connectivity index (χ3n) is 11.4. The van der Waals surface area contributed by atoms with Gasteiger partial charge in [-0.05, 0) is 64.2 Å². The van der Waals surface area contributed by atoms with E-state index < -0.39 is 6.10 Å². The van der Waals surface area contributed by atoms with E-state index in [1.165, 1.54) is 193 Å². The normalized spacial score (nSPS) is 12.4. The molecule has 1 N–H and O–H groups in total. The van der Waals surface area contributed by atoms with Crippen molar-refractivity contribution in [2.24, 2.45) is 0 Å². The summed E-state index contributed by atoms with van der Waals surface area (Å²) < 4.78 is 10.6. The molecule has 5 nitrogen and oxygen atoms in total. The summed E-state index contributed by atoms with van der Waals surface area (Å²) in [7, 11) is 0. The zero-order valence-corrected chi connectivity index (χ0v) is 38.8. The van der Waals surface area contributed by atoms with Gasteiger partial charge in [-0.25, -0.2) is 0 Å². The minimum Gasteiger partial charge on any atom is -0.462 e. The van der Waals surface area contributed by atoms with Crippen molar-refractivity contribution in [2.45, 2.75) is 277 Å². The van der Waals surface area contributed by atoms with Crippen molar-refractivity contribution in [3.63, 3.8) is 0 Å². The topological polar surface area (TPSA) is 72.8 Å². The summed E-state index contributed by atoms with van der Waals surface area (Å²) >= 11 is 0. The lowest BCUT2D eigenvalue weighted by molar-refractivity contribution is -0.161. The van der Waals surface area contributed by atoms with Crippen molar-refractivity contribution in [3.8, 4) is 0 Å². The van der Waals surface area contributed by atoms with E-state index in [9.17, 15) is 14.7 Å². The molecule has 0 aliphatic carbocycles. The smallest absolute Gasteiger partial charge is 0.306 e. The number of ether oxygens (including phenoxy) is 2. The Morgan fingerprint density at radius 1 is 0.397 bits per heavy atom. The summed E-state index contributed by atoms with van der Waals surface area (Å²) in [5, 5.41) is 9.58. The lowest BCUT2D eigenvalue weighted by Crippen LogP contribution is -2.28. The van der Waals surface area contributed by atoms with Gasteiger partial charge in [0.05, 0.1) is 6.61 Å². The van der Waals surface area contributed by atoms with Gasteiger partial charge in [0, 0.05) is 12.8 Å². The van der Waals surface area contributed by atoms with Gasteiger partial charge >= 0.3 is 11.9 Å². The number of esters is 2. The van der Waals surface area contributed by atoms with Crippen molar-refractivity contribution in [1.82, 2.24) is 0 Å². The van der Waals surface area contributed by atoms with Crippen molar-refractivity contribution < 1.29 is 24.2 Å². The first-order chi connectivity index (χ1) is 28.6. The fourth-order valence-corrected chi connectivity index (χ4v) is 7.51. The molecule has 0 aromatic heterocycles. The first-order valence-corrected chi connectivity index (χ1v) is 25.5. The zero-order valence-electron chi connectivity index (χ0n) is 38.8. The van der Waals surface area contributed by atoms with Crippen LogP contribution in [0.5, 0.6) is 0 Å². The molecule has 0 rings (SSSR count). The summed E-state index contributed by atoms with van der Waals surface area (Å²) in [6.07, 6.45) is 62.6. The van der Waals surface area contributed by atoms with E-state index in [2.05, 4.69) is 50.3 Å². The molecule has 0 bridgehead atoms. The second-order valence-electron chi connectivity index (χ2n) is 17.2. The van der Waals surface area contributed by atoms with E-state index in [0.717, 1.165) is 51.4 Å². The average molecular weight is 815 g/mol. The van der Waals surface area contributed by atoms with Crippen LogP contribution in [0.3, 0.4) is 0 Å². The van der Waals surface area contributed by atoms with E-state index in [-0.39, 0.29) is 25.2 Å². The van der Waals surface area contributed by atoms with E-state index in [1.807, 2.05) is 0 Å². The monoisotopic (exact) mass is 815 g/mol. The van der Waals surface area contributed by atoms with E-state index in [0.29, 0.717) is 12.8 Å². The SMILES string of the molecule is CCCC/C=C\CCCCCCCC(=O)OCC(CO)OC(=O)CCCCCCCCCCCCCCCCCCCCCCC/C=C\C/C=C\CCCCCCC. The van der Waals surface area contributed by atoms with Crippen LogP contribution in [0.2, 0.25) is 0 Å². The number of hydrogen-bond donors (Lipinski definition) is 1. The third kappa shape index (κ3) is 46.8. The number of aliphatic hydroxyl groups is 1.